The minimum Gasteiger partial charge on any atom is -0.349 e. The molecule has 3 rings (SSSR count). The molecule has 0 unspecified atom stereocenters. The zero-order chi connectivity index (χ0) is 15.4. The van der Waals surface area contributed by atoms with Crippen LogP contribution in [0.1, 0.15) is 42.6 Å². The number of hydrogen-bond acceptors (Lipinski definition) is 4. The summed E-state index contributed by atoms with van der Waals surface area (Å²) >= 11 is 3.35. The fourth-order valence-electron chi connectivity index (χ4n) is 2.87. The van der Waals surface area contributed by atoms with Gasteiger partial charge in [-0.05, 0) is 36.1 Å². The number of aryl methyl sites for hydroxylation is 1. The monoisotopic (exact) mass is 332 g/mol. The van der Waals surface area contributed by atoms with E-state index in [4.69, 9.17) is 0 Å². The van der Waals surface area contributed by atoms with E-state index in [1.165, 1.54) is 11.1 Å². The van der Waals surface area contributed by atoms with E-state index in [0.29, 0.717) is 6.42 Å². The average molecular weight is 332 g/mol. The summed E-state index contributed by atoms with van der Waals surface area (Å²) in [6, 6.07) is 8.59. The lowest BCUT2D eigenvalue weighted by atomic mass is 9.87. The van der Waals surface area contributed by atoms with Crippen molar-refractivity contribution in [3.8, 4) is 0 Å². The Balaban J connectivity index is 1.62. The standard InChI is InChI=1S/C17H20N2OS2/c1-2-21-17-18-13(11-22-17)10-16(20)19-15-9-5-7-12-6-3-4-8-14(12)15/h3-4,6,8,11,15H,2,5,7,9-10H2,1H3,(H,19,20)/t15-/m0/s1. The predicted molar refractivity (Wildman–Crippen MR) is 92.5 cm³/mol. The summed E-state index contributed by atoms with van der Waals surface area (Å²) < 4.78 is 1.05. The second-order valence-electron chi connectivity index (χ2n) is 5.43. The number of fused-ring (bicyclic) bond motifs is 1. The molecule has 0 saturated heterocycles. The van der Waals surface area contributed by atoms with Crippen molar-refractivity contribution in [2.75, 3.05) is 5.75 Å². The van der Waals surface area contributed by atoms with E-state index in [-0.39, 0.29) is 11.9 Å². The summed E-state index contributed by atoms with van der Waals surface area (Å²) in [5.41, 5.74) is 3.53. The summed E-state index contributed by atoms with van der Waals surface area (Å²) in [7, 11) is 0. The number of hydrogen-bond donors (Lipinski definition) is 1. The second-order valence-corrected chi connectivity index (χ2v) is 7.79. The SMILES string of the molecule is CCSc1nc(CC(=O)N[C@H]2CCCc3ccccc32)cs1. The molecule has 0 radical (unpaired) electrons. The molecule has 2 aromatic rings. The highest BCUT2D eigenvalue weighted by Gasteiger charge is 2.21. The first-order valence-electron chi connectivity index (χ1n) is 7.70. The zero-order valence-corrected chi connectivity index (χ0v) is 14.3. The molecule has 22 heavy (non-hydrogen) atoms. The van der Waals surface area contributed by atoms with Crippen LogP contribution in [0.4, 0.5) is 0 Å². The average Bonchev–Trinajstić information content (AvgIpc) is 2.95. The molecule has 1 aliphatic carbocycles. The molecule has 0 saturated carbocycles. The van der Waals surface area contributed by atoms with Crippen LogP contribution in [0, 0.1) is 0 Å². The van der Waals surface area contributed by atoms with Crippen LogP contribution in [0.15, 0.2) is 34.0 Å². The Morgan fingerprint density at radius 1 is 1.45 bits per heavy atom. The van der Waals surface area contributed by atoms with Gasteiger partial charge in [-0.25, -0.2) is 4.98 Å². The van der Waals surface area contributed by atoms with E-state index in [0.717, 1.165) is 35.0 Å². The van der Waals surface area contributed by atoms with Gasteiger partial charge in [0.15, 0.2) is 0 Å². The molecular formula is C17H20N2OS2. The summed E-state index contributed by atoms with van der Waals surface area (Å²) in [6.07, 6.45) is 3.65. The van der Waals surface area contributed by atoms with Crippen molar-refractivity contribution in [1.29, 1.82) is 0 Å². The number of nitrogens with one attached hydrogen (secondary N) is 1. The van der Waals surface area contributed by atoms with Gasteiger partial charge >= 0.3 is 0 Å². The van der Waals surface area contributed by atoms with Gasteiger partial charge in [0.2, 0.25) is 5.91 Å². The van der Waals surface area contributed by atoms with Crippen LogP contribution in [0.5, 0.6) is 0 Å². The van der Waals surface area contributed by atoms with Gasteiger partial charge in [-0.3, -0.25) is 4.79 Å². The van der Waals surface area contributed by atoms with Crippen LogP contribution in [-0.4, -0.2) is 16.6 Å². The van der Waals surface area contributed by atoms with E-state index in [2.05, 4.69) is 41.5 Å². The molecule has 1 amide bonds. The third-order valence-electron chi connectivity index (χ3n) is 3.84. The van der Waals surface area contributed by atoms with Crippen LogP contribution in [0.3, 0.4) is 0 Å². The van der Waals surface area contributed by atoms with E-state index < -0.39 is 0 Å². The highest BCUT2D eigenvalue weighted by molar-refractivity contribution is 8.00. The number of thiazole rings is 1. The second kappa shape index (κ2) is 7.29. The third-order valence-corrected chi connectivity index (χ3v) is 5.80. The molecule has 1 N–H and O–H groups in total. The molecule has 5 heteroatoms. The molecule has 1 aromatic carbocycles. The summed E-state index contributed by atoms with van der Waals surface area (Å²) in [4.78, 5) is 16.8. The van der Waals surface area contributed by atoms with Crippen LogP contribution < -0.4 is 5.32 Å². The van der Waals surface area contributed by atoms with Crippen molar-refractivity contribution in [3.63, 3.8) is 0 Å². The first kappa shape index (κ1) is 15.6. The summed E-state index contributed by atoms with van der Waals surface area (Å²) in [5.74, 6) is 1.08. The molecule has 0 spiro atoms. The molecule has 3 nitrogen and oxygen atoms in total. The molecular weight excluding hydrogens is 312 g/mol. The van der Waals surface area contributed by atoms with Gasteiger partial charge in [-0.1, -0.05) is 43.0 Å². The van der Waals surface area contributed by atoms with Gasteiger partial charge in [0.1, 0.15) is 4.34 Å². The number of aromatic nitrogens is 1. The molecule has 0 fully saturated rings. The van der Waals surface area contributed by atoms with Gasteiger partial charge in [0.05, 0.1) is 18.2 Å². The highest BCUT2D eigenvalue weighted by Crippen LogP contribution is 2.29. The Morgan fingerprint density at radius 3 is 3.18 bits per heavy atom. The number of rotatable bonds is 5. The zero-order valence-electron chi connectivity index (χ0n) is 12.7. The topological polar surface area (TPSA) is 42.0 Å². The van der Waals surface area contributed by atoms with Gasteiger partial charge < -0.3 is 5.32 Å². The largest absolute Gasteiger partial charge is 0.349 e. The first-order valence-corrected chi connectivity index (χ1v) is 9.57. The van der Waals surface area contributed by atoms with E-state index in [1.807, 2.05) is 5.38 Å². The van der Waals surface area contributed by atoms with Crippen LogP contribution >= 0.6 is 23.1 Å². The number of nitrogens with zero attached hydrogens (tertiary/aromatic N) is 1. The normalized spacial score (nSPS) is 17.0. The quantitative estimate of drug-likeness (QED) is 0.842. The highest BCUT2D eigenvalue weighted by atomic mass is 32.2. The fourth-order valence-corrected chi connectivity index (χ4v) is 4.61. The molecule has 0 aliphatic heterocycles. The third kappa shape index (κ3) is 3.70. The minimum absolute atomic E-state index is 0.0695. The van der Waals surface area contributed by atoms with Crippen molar-refractivity contribution >= 4 is 29.0 Å². The number of benzene rings is 1. The van der Waals surface area contributed by atoms with E-state index in [9.17, 15) is 4.79 Å². The molecule has 116 valence electrons. The maximum absolute atomic E-state index is 12.3. The van der Waals surface area contributed by atoms with Crippen molar-refractivity contribution in [3.05, 3.63) is 46.5 Å². The molecule has 0 bridgehead atoms. The van der Waals surface area contributed by atoms with Crippen molar-refractivity contribution < 1.29 is 4.79 Å². The Hall–Kier alpha value is -1.33. The molecule has 1 aliphatic rings. The number of thioether (sulfide) groups is 1. The Labute approximate surface area is 139 Å². The van der Waals surface area contributed by atoms with Crippen LogP contribution in [0.25, 0.3) is 0 Å². The van der Waals surface area contributed by atoms with Gasteiger partial charge in [-0.15, -0.1) is 11.3 Å². The Morgan fingerprint density at radius 2 is 2.32 bits per heavy atom. The van der Waals surface area contributed by atoms with E-state index >= 15 is 0 Å². The number of carbonyl (C=O) groups excluding carboxylic acids is 1. The maximum atomic E-state index is 12.3. The smallest absolute Gasteiger partial charge is 0.226 e. The Kier molecular flexibility index (Phi) is 5.16. The van der Waals surface area contributed by atoms with Crippen molar-refractivity contribution in [2.45, 2.75) is 43.0 Å². The number of amides is 1. The van der Waals surface area contributed by atoms with Crippen LogP contribution in [-0.2, 0) is 17.6 Å². The fraction of sp³-hybridized carbons (Fsp3) is 0.412. The van der Waals surface area contributed by atoms with Crippen LogP contribution in [0.2, 0.25) is 0 Å². The lowest BCUT2D eigenvalue weighted by molar-refractivity contribution is -0.121. The summed E-state index contributed by atoms with van der Waals surface area (Å²) in [5, 5.41) is 5.18. The lowest BCUT2D eigenvalue weighted by Crippen LogP contribution is -2.32. The molecule has 1 atom stereocenters. The Bertz CT molecular complexity index is 654. The minimum atomic E-state index is 0.0695. The van der Waals surface area contributed by atoms with Gasteiger partial charge in [-0.2, -0.15) is 0 Å². The first-order chi connectivity index (χ1) is 10.8. The van der Waals surface area contributed by atoms with Crippen molar-refractivity contribution in [2.24, 2.45) is 0 Å². The van der Waals surface area contributed by atoms with E-state index in [1.54, 1.807) is 23.1 Å². The number of carbonyl (C=O) groups is 1. The summed E-state index contributed by atoms with van der Waals surface area (Å²) in [6.45, 7) is 2.11. The van der Waals surface area contributed by atoms with Gasteiger partial charge in [0, 0.05) is 5.38 Å². The predicted octanol–water partition coefficient (Wildman–Crippen LogP) is 3.99. The van der Waals surface area contributed by atoms with Gasteiger partial charge in [0.25, 0.3) is 0 Å². The van der Waals surface area contributed by atoms with Crippen molar-refractivity contribution in [1.82, 2.24) is 10.3 Å². The maximum Gasteiger partial charge on any atom is 0.226 e. The molecule has 1 aromatic heterocycles. The molecule has 1 heterocycles. The lowest BCUT2D eigenvalue weighted by Gasteiger charge is -2.26.